The first-order chi connectivity index (χ1) is 11.6. The maximum Gasteiger partial charge on any atom is 0.261 e. The van der Waals surface area contributed by atoms with Gasteiger partial charge in [-0.25, -0.2) is 9.29 Å². The molecule has 7 heteroatoms. The minimum absolute atomic E-state index is 0.00740. The highest BCUT2D eigenvalue weighted by atomic mass is 32.2. The number of imide groups is 1. The molecular formula is C17H16FN3O2S. The largest absolute Gasteiger partial charge is 0.335 e. The molecule has 124 valence electrons. The van der Waals surface area contributed by atoms with Crippen molar-refractivity contribution in [1.29, 1.82) is 0 Å². The van der Waals surface area contributed by atoms with Gasteiger partial charge in [0.05, 0.1) is 12.2 Å². The number of amidine groups is 1. The molecule has 5 nitrogen and oxygen atoms in total. The standard InChI is InChI=1S/C17H16FN3O2S/c18-13-6-5-10(20-17-19-7-8-24-17)9-14(13)21-15(22)11-3-1-2-4-12(11)16(21)23/h5-6,9H,1-4,7-8H2,(H,19,20). The predicted octanol–water partition coefficient (Wildman–Crippen LogP) is 3.08. The molecule has 2 heterocycles. The topological polar surface area (TPSA) is 61.8 Å². The van der Waals surface area contributed by atoms with E-state index in [0.29, 0.717) is 29.7 Å². The number of hydrogen-bond donors (Lipinski definition) is 1. The molecule has 1 aromatic carbocycles. The van der Waals surface area contributed by atoms with Crippen LogP contribution in [0.25, 0.3) is 0 Å². The van der Waals surface area contributed by atoms with Crippen molar-refractivity contribution in [2.75, 3.05) is 22.5 Å². The molecular weight excluding hydrogens is 329 g/mol. The second kappa shape index (κ2) is 6.05. The Morgan fingerprint density at radius 3 is 2.46 bits per heavy atom. The molecule has 24 heavy (non-hydrogen) atoms. The highest BCUT2D eigenvalue weighted by molar-refractivity contribution is 8.14. The summed E-state index contributed by atoms with van der Waals surface area (Å²) in [5, 5.41) is 3.88. The maximum atomic E-state index is 14.3. The number of carbonyl (C=O) groups excluding carboxylic acids is 2. The summed E-state index contributed by atoms with van der Waals surface area (Å²) >= 11 is 1.59. The van der Waals surface area contributed by atoms with E-state index in [4.69, 9.17) is 0 Å². The average molecular weight is 345 g/mol. The van der Waals surface area contributed by atoms with Crippen LogP contribution < -0.4 is 10.2 Å². The lowest BCUT2D eigenvalue weighted by molar-refractivity contribution is -0.120. The van der Waals surface area contributed by atoms with Crippen molar-refractivity contribution >= 4 is 40.1 Å². The van der Waals surface area contributed by atoms with E-state index in [1.807, 2.05) is 0 Å². The molecule has 0 atom stereocenters. The van der Waals surface area contributed by atoms with E-state index in [1.165, 1.54) is 12.1 Å². The van der Waals surface area contributed by atoms with Gasteiger partial charge in [-0.2, -0.15) is 0 Å². The van der Waals surface area contributed by atoms with E-state index in [2.05, 4.69) is 10.3 Å². The van der Waals surface area contributed by atoms with Gasteiger partial charge in [-0.1, -0.05) is 11.8 Å². The van der Waals surface area contributed by atoms with Crippen molar-refractivity contribution in [3.63, 3.8) is 0 Å². The third kappa shape index (κ3) is 2.53. The van der Waals surface area contributed by atoms with Crippen molar-refractivity contribution in [3.05, 3.63) is 35.2 Å². The first-order valence-corrected chi connectivity index (χ1v) is 8.98. The summed E-state index contributed by atoms with van der Waals surface area (Å²) in [5.41, 5.74) is 1.73. The van der Waals surface area contributed by atoms with Gasteiger partial charge in [-0.3, -0.25) is 14.6 Å². The number of thioether (sulfide) groups is 1. The molecule has 0 unspecified atom stereocenters. The van der Waals surface area contributed by atoms with Gasteiger partial charge in [0.1, 0.15) is 5.82 Å². The summed E-state index contributed by atoms with van der Waals surface area (Å²) in [6.45, 7) is 0.751. The van der Waals surface area contributed by atoms with Gasteiger partial charge in [-0.05, 0) is 43.9 Å². The van der Waals surface area contributed by atoms with Gasteiger partial charge in [0, 0.05) is 22.6 Å². The van der Waals surface area contributed by atoms with Crippen LogP contribution in [-0.4, -0.2) is 29.3 Å². The highest BCUT2D eigenvalue weighted by Gasteiger charge is 2.40. The van der Waals surface area contributed by atoms with Crippen LogP contribution >= 0.6 is 11.8 Å². The van der Waals surface area contributed by atoms with Crippen LogP contribution in [0.3, 0.4) is 0 Å². The second-order valence-corrected chi connectivity index (χ2v) is 7.02. The van der Waals surface area contributed by atoms with E-state index in [1.54, 1.807) is 17.8 Å². The van der Waals surface area contributed by atoms with Crippen molar-refractivity contribution in [1.82, 2.24) is 0 Å². The fraction of sp³-hybridized carbons (Fsp3) is 0.353. The summed E-state index contributed by atoms with van der Waals surface area (Å²) in [4.78, 5) is 30.5. The second-order valence-electron chi connectivity index (χ2n) is 5.94. The number of anilines is 2. The van der Waals surface area contributed by atoms with Gasteiger partial charge in [0.25, 0.3) is 11.8 Å². The number of benzene rings is 1. The lowest BCUT2D eigenvalue weighted by atomic mass is 9.93. The van der Waals surface area contributed by atoms with Crippen LogP contribution in [0.4, 0.5) is 15.8 Å². The van der Waals surface area contributed by atoms with Gasteiger partial charge in [0.2, 0.25) is 0 Å². The van der Waals surface area contributed by atoms with Gasteiger partial charge < -0.3 is 5.32 Å². The molecule has 0 bridgehead atoms. The third-order valence-electron chi connectivity index (χ3n) is 4.41. The Bertz CT molecular complexity index is 775. The highest BCUT2D eigenvalue weighted by Crippen LogP contribution is 2.37. The number of amides is 2. The first-order valence-electron chi connectivity index (χ1n) is 8.00. The molecule has 2 amide bonds. The zero-order valence-electron chi connectivity index (χ0n) is 13.0. The number of nitrogens with one attached hydrogen (secondary N) is 1. The zero-order chi connectivity index (χ0) is 16.7. The number of rotatable bonds is 2. The number of halogens is 1. The quantitative estimate of drug-likeness (QED) is 0.837. The molecule has 1 aliphatic carbocycles. The lowest BCUT2D eigenvalue weighted by Crippen LogP contribution is -2.32. The van der Waals surface area contributed by atoms with Crippen molar-refractivity contribution < 1.29 is 14.0 Å². The van der Waals surface area contributed by atoms with E-state index in [9.17, 15) is 14.0 Å². The fourth-order valence-electron chi connectivity index (χ4n) is 3.25. The molecule has 4 rings (SSSR count). The Morgan fingerprint density at radius 2 is 1.83 bits per heavy atom. The molecule has 0 aromatic heterocycles. The summed E-state index contributed by atoms with van der Waals surface area (Å²) < 4.78 is 14.3. The molecule has 3 aliphatic rings. The molecule has 2 aliphatic heterocycles. The van der Waals surface area contributed by atoms with Crippen molar-refractivity contribution in [2.45, 2.75) is 25.7 Å². The first kappa shape index (κ1) is 15.4. The number of nitrogens with zero attached hydrogens (tertiary/aromatic N) is 2. The third-order valence-corrected chi connectivity index (χ3v) is 5.31. The molecule has 0 radical (unpaired) electrons. The van der Waals surface area contributed by atoms with Crippen LogP contribution in [0, 0.1) is 5.82 Å². The Kier molecular flexibility index (Phi) is 3.88. The van der Waals surface area contributed by atoms with Crippen LogP contribution in [0.2, 0.25) is 0 Å². The predicted molar refractivity (Wildman–Crippen MR) is 92.8 cm³/mol. The number of carbonyl (C=O) groups is 2. The zero-order valence-corrected chi connectivity index (χ0v) is 13.8. The fourth-order valence-corrected chi connectivity index (χ4v) is 4.00. The summed E-state index contributed by atoms with van der Waals surface area (Å²) in [6.07, 6.45) is 2.99. The molecule has 0 spiro atoms. The summed E-state index contributed by atoms with van der Waals surface area (Å²) in [5.74, 6) is -0.421. The Balaban J connectivity index is 1.66. The van der Waals surface area contributed by atoms with E-state index >= 15 is 0 Å². The smallest absolute Gasteiger partial charge is 0.261 e. The van der Waals surface area contributed by atoms with Crippen molar-refractivity contribution in [3.8, 4) is 0 Å². The number of aliphatic imine (C=N–C) groups is 1. The molecule has 1 N–H and O–H groups in total. The van der Waals surface area contributed by atoms with Crippen LogP contribution in [0.5, 0.6) is 0 Å². The van der Waals surface area contributed by atoms with E-state index in [-0.39, 0.29) is 17.5 Å². The molecule has 1 aromatic rings. The van der Waals surface area contributed by atoms with Crippen LogP contribution in [-0.2, 0) is 9.59 Å². The summed E-state index contributed by atoms with van der Waals surface area (Å²) in [6, 6.07) is 4.36. The Morgan fingerprint density at radius 1 is 1.12 bits per heavy atom. The van der Waals surface area contributed by atoms with Gasteiger partial charge >= 0.3 is 0 Å². The SMILES string of the molecule is O=C1C2=C(CCCC2)C(=O)N1c1cc(NC2=NCCS2)ccc1F. The Hall–Kier alpha value is -2.15. The monoisotopic (exact) mass is 345 g/mol. The van der Waals surface area contributed by atoms with E-state index in [0.717, 1.165) is 35.2 Å². The van der Waals surface area contributed by atoms with Crippen molar-refractivity contribution in [2.24, 2.45) is 4.99 Å². The molecule has 0 saturated carbocycles. The van der Waals surface area contributed by atoms with Gasteiger partial charge in [0.15, 0.2) is 5.17 Å². The van der Waals surface area contributed by atoms with Gasteiger partial charge in [-0.15, -0.1) is 0 Å². The normalized spacial score (nSPS) is 20.5. The number of hydrogen-bond acceptors (Lipinski definition) is 5. The van der Waals surface area contributed by atoms with Crippen LogP contribution in [0.15, 0.2) is 34.3 Å². The molecule has 0 fully saturated rings. The van der Waals surface area contributed by atoms with Crippen LogP contribution in [0.1, 0.15) is 25.7 Å². The minimum Gasteiger partial charge on any atom is -0.335 e. The van der Waals surface area contributed by atoms with E-state index < -0.39 is 5.82 Å². The minimum atomic E-state index is -0.580. The maximum absolute atomic E-state index is 14.3. The molecule has 0 saturated heterocycles. The Labute approximate surface area is 143 Å². The lowest BCUT2D eigenvalue weighted by Gasteiger charge is -2.17. The average Bonchev–Trinajstić information content (AvgIpc) is 3.18. The summed E-state index contributed by atoms with van der Waals surface area (Å²) in [7, 11) is 0.